The Morgan fingerprint density at radius 2 is 0.469 bits per heavy atom. The number of esters is 4. The fourth-order valence-corrected chi connectivity index (χ4v) is 13.6. The van der Waals surface area contributed by atoms with E-state index in [1.54, 1.807) is 0 Å². The molecular formula is C79H152O17P2. The lowest BCUT2D eigenvalue weighted by Crippen LogP contribution is -2.30. The number of phosphoric acid groups is 2. The van der Waals surface area contributed by atoms with Crippen molar-refractivity contribution in [3.05, 3.63) is 12.2 Å². The minimum atomic E-state index is -4.96. The van der Waals surface area contributed by atoms with Crippen LogP contribution in [-0.4, -0.2) is 96.7 Å². The van der Waals surface area contributed by atoms with Crippen LogP contribution in [0, 0.1) is 0 Å². The highest BCUT2D eigenvalue weighted by Gasteiger charge is 2.30. The molecule has 19 heteroatoms. The van der Waals surface area contributed by atoms with Crippen molar-refractivity contribution in [2.45, 2.75) is 431 Å². The summed E-state index contributed by atoms with van der Waals surface area (Å²) in [5.41, 5.74) is 0. The minimum Gasteiger partial charge on any atom is -0.462 e. The van der Waals surface area contributed by atoms with Crippen LogP contribution in [0.25, 0.3) is 0 Å². The van der Waals surface area contributed by atoms with E-state index in [9.17, 15) is 43.2 Å². The van der Waals surface area contributed by atoms with Crippen molar-refractivity contribution in [1.29, 1.82) is 0 Å². The molecule has 0 bridgehead atoms. The smallest absolute Gasteiger partial charge is 0.462 e. The normalized spacial score (nSPS) is 13.9. The maximum absolute atomic E-state index is 13.1. The third-order valence-electron chi connectivity index (χ3n) is 18.3. The van der Waals surface area contributed by atoms with Gasteiger partial charge in [0.05, 0.1) is 26.4 Å². The van der Waals surface area contributed by atoms with Crippen LogP contribution >= 0.6 is 15.6 Å². The molecular weight excluding hydrogens is 1280 g/mol. The Labute approximate surface area is 600 Å². The van der Waals surface area contributed by atoms with Gasteiger partial charge in [-0.05, 0) is 51.4 Å². The number of ether oxygens (including phenoxy) is 4. The first-order valence-corrected chi connectivity index (χ1v) is 43.9. The van der Waals surface area contributed by atoms with Crippen molar-refractivity contribution < 1.29 is 80.2 Å². The molecule has 0 aromatic carbocycles. The van der Waals surface area contributed by atoms with Crippen LogP contribution in [0.4, 0.5) is 0 Å². The standard InChI is InChI=1S/C79H152O17P2/c1-5-9-13-17-21-25-29-33-36-40-43-47-51-55-59-63-76(81)89-69-74(95-78(83)65-61-57-53-49-45-39-32-28-24-20-16-12-8-4)71-93-97(85,86)91-67-73(80)68-92-98(87,88)94-72-75(96-79(84)66-62-58-54-50-46-42-38-35-31-27-23-19-15-11-7-3)70-90-77(82)64-60-56-52-48-44-41-37-34-30-26-22-18-14-10-6-2/h28,32,73-75,80H,5-27,29-31,33-72H2,1-4H3,(H,85,86)(H,87,88)/b32-28-. The van der Waals surface area contributed by atoms with Gasteiger partial charge in [-0.25, -0.2) is 9.13 Å². The Bertz CT molecular complexity index is 1910. The maximum atomic E-state index is 13.1. The largest absolute Gasteiger partial charge is 0.472 e. The van der Waals surface area contributed by atoms with Gasteiger partial charge in [0.15, 0.2) is 12.2 Å². The van der Waals surface area contributed by atoms with Crippen molar-refractivity contribution in [3.8, 4) is 0 Å². The number of hydrogen-bond donors (Lipinski definition) is 3. The summed E-state index contributed by atoms with van der Waals surface area (Å²) in [5, 5.41) is 10.6. The van der Waals surface area contributed by atoms with Crippen LogP contribution in [0.2, 0.25) is 0 Å². The summed E-state index contributed by atoms with van der Waals surface area (Å²) in [5.74, 6) is -2.12. The Morgan fingerprint density at radius 1 is 0.276 bits per heavy atom. The number of phosphoric ester groups is 2. The Hall–Kier alpha value is -2.20. The molecule has 0 saturated heterocycles. The monoisotopic (exact) mass is 1440 g/mol. The van der Waals surface area contributed by atoms with Crippen molar-refractivity contribution in [2.75, 3.05) is 39.6 Å². The molecule has 0 aliphatic heterocycles. The molecule has 0 radical (unpaired) electrons. The van der Waals surface area contributed by atoms with E-state index in [0.29, 0.717) is 25.7 Å². The highest BCUT2D eigenvalue weighted by Crippen LogP contribution is 2.45. The van der Waals surface area contributed by atoms with Gasteiger partial charge in [-0.3, -0.25) is 37.3 Å². The van der Waals surface area contributed by atoms with Crippen molar-refractivity contribution >= 4 is 39.5 Å². The van der Waals surface area contributed by atoms with Gasteiger partial charge >= 0.3 is 39.5 Å². The lowest BCUT2D eigenvalue weighted by atomic mass is 10.0. The summed E-state index contributed by atoms with van der Waals surface area (Å²) in [6.45, 7) is 4.99. The van der Waals surface area contributed by atoms with E-state index in [1.807, 2.05) is 0 Å². The summed E-state index contributed by atoms with van der Waals surface area (Å²) in [4.78, 5) is 73.0. The molecule has 0 heterocycles. The zero-order valence-corrected chi connectivity index (χ0v) is 65.3. The zero-order chi connectivity index (χ0) is 71.8. The predicted molar refractivity (Wildman–Crippen MR) is 400 cm³/mol. The number of rotatable bonds is 79. The first-order valence-electron chi connectivity index (χ1n) is 40.9. The highest BCUT2D eigenvalue weighted by molar-refractivity contribution is 7.47. The fourth-order valence-electron chi connectivity index (χ4n) is 12.0. The lowest BCUT2D eigenvalue weighted by Gasteiger charge is -2.21. The minimum absolute atomic E-state index is 0.0948. The SMILES string of the molecule is CCCCCC/C=C\CCCCCCCC(=O)OC(COC(=O)CCCCCCCCCCCCCCCCC)COP(=O)(O)OCC(O)COP(=O)(O)OCC(COC(=O)CCCCCCCCCCCCCCCCC)OC(=O)CCCCCCCCCCCCCCCCC. The third kappa shape index (κ3) is 72.2. The van der Waals surface area contributed by atoms with Crippen LogP contribution < -0.4 is 0 Å². The average Bonchev–Trinajstić information content (AvgIpc) is 1.07. The number of hydrogen-bond acceptors (Lipinski definition) is 15. The molecule has 580 valence electrons. The molecule has 0 rings (SSSR count). The fraction of sp³-hybridized carbons (Fsp3) is 0.924. The summed E-state index contributed by atoms with van der Waals surface area (Å²) in [6, 6.07) is 0. The molecule has 0 saturated carbocycles. The molecule has 17 nitrogen and oxygen atoms in total. The number of carbonyl (C=O) groups is 4. The summed E-state index contributed by atoms with van der Waals surface area (Å²) in [6.07, 6.45) is 66.1. The molecule has 5 atom stereocenters. The van der Waals surface area contributed by atoms with Gasteiger partial charge in [0.2, 0.25) is 0 Å². The Kier molecular flexibility index (Phi) is 71.5. The van der Waals surface area contributed by atoms with Gasteiger partial charge < -0.3 is 33.8 Å². The van der Waals surface area contributed by atoms with Crippen LogP contribution in [0.15, 0.2) is 12.2 Å². The molecule has 0 aliphatic rings. The van der Waals surface area contributed by atoms with Crippen LogP contribution in [0.1, 0.15) is 413 Å². The number of allylic oxidation sites excluding steroid dienone is 2. The summed E-state index contributed by atoms with van der Waals surface area (Å²) >= 11 is 0. The maximum Gasteiger partial charge on any atom is 0.472 e. The second-order valence-corrected chi connectivity index (χ2v) is 31.0. The topological polar surface area (TPSA) is 237 Å². The van der Waals surface area contributed by atoms with E-state index in [1.165, 1.54) is 231 Å². The van der Waals surface area contributed by atoms with Crippen molar-refractivity contribution in [2.24, 2.45) is 0 Å². The quantitative estimate of drug-likeness (QED) is 0.0169. The van der Waals surface area contributed by atoms with Gasteiger partial charge in [-0.1, -0.05) is 348 Å². The Morgan fingerprint density at radius 3 is 0.714 bits per heavy atom. The van der Waals surface area contributed by atoms with Gasteiger partial charge in [0.1, 0.15) is 19.3 Å². The van der Waals surface area contributed by atoms with E-state index in [0.717, 1.165) is 103 Å². The number of aliphatic hydroxyl groups is 1. The first kappa shape index (κ1) is 95.8. The van der Waals surface area contributed by atoms with Gasteiger partial charge in [-0.15, -0.1) is 0 Å². The second-order valence-electron chi connectivity index (χ2n) is 28.1. The van der Waals surface area contributed by atoms with Crippen molar-refractivity contribution in [1.82, 2.24) is 0 Å². The molecule has 0 aromatic heterocycles. The lowest BCUT2D eigenvalue weighted by molar-refractivity contribution is -0.161. The van der Waals surface area contributed by atoms with Crippen molar-refractivity contribution in [3.63, 3.8) is 0 Å². The van der Waals surface area contributed by atoms with Crippen LogP contribution in [0.5, 0.6) is 0 Å². The first-order chi connectivity index (χ1) is 47.7. The van der Waals surface area contributed by atoms with Gasteiger partial charge in [0.25, 0.3) is 0 Å². The molecule has 98 heavy (non-hydrogen) atoms. The molecule has 0 spiro atoms. The molecule has 0 fully saturated rings. The average molecular weight is 1440 g/mol. The molecule has 0 amide bonds. The van der Waals surface area contributed by atoms with Gasteiger partial charge in [-0.2, -0.15) is 0 Å². The molecule has 0 aliphatic carbocycles. The van der Waals surface area contributed by atoms with E-state index in [4.69, 9.17) is 37.0 Å². The van der Waals surface area contributed by atoms with E-state index in [2.05, 4.69) is 39.8 Å². The summed E-state index contributed by atoms with van der Waals surface area (Å²) in [7, 11) is -9.92. The second kappa shape index (κ2) is 73.1. The number of carbonyl (C=O) groups excluding carboxylic acids is 4. The third-order valence-corrected chi connectivity index (χ3v) is 20.2. The number of aliphatic hydroxyl groups excluding tert-OH is 1. The molecule has 0 aromatic rings. The molecule has 5 unspecified atom stereocenters. The zero-order valence-electron chi connectivity index (χ0n) is 63.5. The van der Waals surface area contributed by atoms with Crippen LogP contribution in [0.3, 0.4) is 0 Å². The van der Waals surface area contributed by atoms with E-state index >= 15 is 0 Å². The molecule has 3 N–H and O–H groups in total. The van der Waals surface area contributed by atoms with E-state index in [-0.39, 0.29) is 25.7 Å². The number of unbranched alkanes of at least 4 members (excludes halogenated alkanes) is 51. The van der Waals surface area contributed by atoms with Crippen LogP contribution in [-0.2, 0) is 65.4 Å². The Balaban J connectivity index is 5.27. The van der Waals surface area contributed by atoms with Gasteiger partial charge in [0, 0.05) is 25.7 Å². The summed E-state index contributed by atoms with van der Waals surface area (Å²) < 4.78 is 68.7. The van der Waals surface area contributed by atoms with E-state index < -0.39 is 97.5 Å². The predicted octanol–water partition coefficient (Wildman–Crippen LogP) is 23.6. The highest BCUT2D eigenvalue weighted by atomic mass is 31.2.